The Bertz CT molecular complexity index is 1170. The van der Waals surface area contributed by atoms with Crippen LogP contribution >= 0.6 is 11.6 Å². The van der Waals surface area contributed by atoms with Gasteiger partial charge in [-0.1, -0.05) is 24.3 Å². The number of nitrogens with zero attached hydrogens (tertiary/aromatic N) is 2. The molecule has 1 saturated heterocycles. The van der Waals surface area contributed by atoms with Gasteiger partial charge in [-0.05, 0) is 35.7 Å². The van der Waals surface area contributed by atoms with Gasteiger partial charge in [0.25, 0.3) is 0 Å². The smallest absolute Gasteiger partial charge is 0.230 e. The Morgan fingerprint density at radius 3 is 2.56 bits per heavy atom. The third-order valence-corrected chi connectivity index (χ3v) is 5.83. The van der Waals surface area contributed by atoms with Crippen LogP contribution in [0.15, 0.2) is 47.9 Å². The lowest BCUT2D eigenvalue weighted by Crippen LogP contribution is -2.44. The van der Waals surface area contributed by atoms with Crippen molar-refractivity contribution < 1.29 is 23.5 Å². The van der Waals surface area contributed by atoms with Gasteiger partial charge in [0, 0.05) is 31.6 Å². The van der Waals surface area contributed by atoms with Gasteiger partial charge < -0.3 is 15.0 Å². The second kappa shape index (κ2) is 10.7. The van der Waals surface area contributed by atoms with Gasteiger partial charge in [0.2, 0.25) is 17.5 Å². The number of pyridine rings is 1. The van der Waals surface area contributed by atoms with Crippen LogP contribution in [-0.2, 0) is 9.53 Å². The van der Waals surface area contributed by atoms with Crippen molar-refractivity contribution in [2.75, 3.05) is 32.2 Å². The summed E-state index contributed by atoms with van der Waals surface area (Å²) in [7, 11) is 0. The summed E-state index contributed by atoms with van der Waals surface area (Å²) >= 11 is 5.70. The Hall–Kier alpha value is -3.36. The van der Waals surface area contributed by atoms with Crippen LogP contribution in [0.5, 0.6) is 0 Å². The van der Waals surface area contributed by atoms with Crippen molar-refractivity contribution >= 4 is 41.2 Å². The van der Waals surface area contributed by atoms with E-state index in [1.807, 2.05) is 0 Å². The van der Waals surface area contributed by atoms with Crippen LogP contribution in [0.2, 0.25) is 0 Å². The summed E-state index contributed by atoms with van der Waals surface area (Å²) < 4.78 is 18.6. The minimum absolute atomic E-state index is 0.0338. The van der Waals surface area contributed by atoms with E-state index in [1.165, 1.54) is 18.3 Å². The number of ether oxygens (including phenoxy) is 1. The summed E-state index contributed by atoms with van der Waals surface area (Å²) in [5.41, 5.74) is 1.43. The molecule has 1 N–H and O–H groups in total. The number of ketones is 2. The first-order valence-corrected chi connectivity index (χ1v) is 11.5. The zero-order chi connectivity index (χ0) is 24.1. The fourth-order valence-corrected chi connectivity index (χ4v) is 4.01. The zero-order valence-corrected chi connectivity index (χ0v) is 19.1. The minimum Gasteiger partial charge on any atom is -0.378 e. The minimum atomic E-state index is -0.484. The molecule has 0 radical (unpaired) electrons. The molecule has 0 unspecified atom stereocenters. The average molecular weight is 484 g/mol. The topological polar surface area (TPSA) is 88.6 Å². The van der Waals surface area contributed by atoms with Crippen molar-refractivity contribution in [3.05, 3.63) is 76.1 Å². The van der Waals surface area contributed by atoms with E-state index in [2.05, 4.69) is 10.3 Å². The molecule has 1 aliphatic carbocycles. The van der Waals surface area contributed by atoms with E-state index in [0.717, 1.165) is 5.56 Å². The number of nitrogens with one attached hydrogen (secondary N) is 1. The molecule has 0 spiro atoms. The molecule has 1 aliphatic heterocycles. The lowest BCUT2D eigenvalue weighted by molar-refractivity contribution is -0.120. The van der Waals surface area contributed by atoms with Crippen molar-refractivity contribution in [2.24, 2.45) is 0 Å². The van der Waals surface area contributed by atoms with Crippen LogP contribution in [0.4, 0.5) is 4.39 Å². The number of allylic oxidation sites excluding steroid dienone is 2. The Kier molecular flexibility index (Phi) is 7.49. The first-order valence-electron chi connectivity index (χ1n) is 10.9. The number of hydrogen-bond donors (Lipinski definition) is 1. The second-order valence-corrected chi connectivity index (χ2v) is 8.21. The zero-order valence-electron chi connectivity index (χ0n) is 18.4. The number of benzene rings is 1. The molecule has 2 aromatic rings. The maximum Gasteiger partial charge on any atom is 0.230 e. The second-order valence-electron chi connectivity index (χ2n) is 7.83. The molecular formula is C25H23ClFN3O4. The lowest BCUT2D eigenvalue weighted by Gasteiger charge is -2.33. The number of carbonyl (C=O) groups is 3. The van der Waals surface area contributed by atoms with Crippen LogP contribution in [0, 0.1) is 5.82 Å². The van der Waals surface area contributed by atoms with Crippen molar-refractivity contribution in [3.63, 3.8) is 0 Å². The largest absolute Gasteiger partial charge is 0.378 e. The van der Waals surface area contributed by atoms with Crippen LogP contribution in [0.3, 0.4) is 0 Å². The monoisotopic (exact) mass is 483 g/mol. The van der Waals surface area contributed by atoms with E-state index < -0.39 is 17.5 Å². The van der Waals surface area contributed by atoms with Crippen molar-refractivity contribution in [3.8, 4) is 0 Å². The number of fused-ring (bicyclic) bond motifs is 1. The van der Waals surface area contributed by atoms with Gasteiger partial charge in [-0.2, -0.15) is 0 Å². The number of hydrogen-bond acceptors (Lipinski definition) is 6. The predicted molar refractivity (Wildman–Crippen MR) is 126 cm³/mol. The highest BCUT2D eigenvalue weighted by Crippen LogP contribution is 2.30. The molecule has 1 aromatic heterocycles. The van der Waals surface area contributed by atoms with Crippen LogP contribution in [0.25, 0.3) is 12.2 Å². The van der Waals surface area contributed by atoms with E-state index in [0.29, 0.717) is 44.2 Å². The summed E-state index contributed by atoms with van der Waals surface area (Å²) in [6.45, 7) is 1.63. The van der Waals surface area contributed by atoms with Crippen LogP contribution < -0.4 is 5.32 Å². The molecule has 1 fully saturated rings. The van der Waals surface area contributed by atoms with Gasteiger partial charge >= 0.3 is 0 Å². The Balaban J connectivity index is 1.75. The quantitative estimate of drug-likeness (QED) is 0.607. The molecule has 1 aromatic carbocycles. The number of Topliss-reactive ketones (excluding diaryl/α,β-unsaturated/α-hetero) is 2. The van der Waals surface area contributed by atoms with E-state index in [-0.39, 0.29) is 34.9 Å². The number of rotatable bonds is 7. The number of halogens is 2. The van der Waals surface area contributed by atoms with Gasteiger partial charge in [-0.15, -0.1) is 11.6 Å². The first-order chi connectivity index (χ1) is 16.5. The SMILES string of the molecule is O=C(CCCCl)NC1=C(N2CCOCC2)C(=O)c2nccc(/C=C/c3ccc(F)cc3)c2C1=O. The first kappa shape index (κ1) is 23.8. The molecule has 0 bridgehead atoms. The van der Waals surface area contributed by atoms with Gasteiger partial charge in [-0.25, -0.2) is 4.39 Å². The third kappa shape index (κ3) is 5.08. The van der Waals surface area contributed by atoms with Crippen LogP contribution in [0.1, 0.15) is 44.8 Å². The molecule has 0 saturated carbocycles. The highest BCUT2D eigenvalue weighted by atomic mass is 35.5. The number of alkyl halides is 1. The lowest BCUT2D eigenvalue weighted by atomic mass is 9.89. The van der Waals surface area contributed by atoms with Gasteiger partial charge in [0.05, 0.1) is 18.8 Å². The van der Waals surface area contributed by atoms with E-state index in [4.69, 9.17) is 16.3 Å². The number of aromatic nitrogens is 1. The average Bonchev–Trinajstić information content (AvgIpc) is 2.86. The van der Waals surface area contributed by atoms with Crippen molar-refractivity contribution in [2.45, 2.75) is 12.8 Å². The Labute approximate surface area is 201 Å². The van der Waals surface area contributed by atoms with Gasteiger partial charge in [-0.3, -0.25) is 19.4 Å². The van der Waals surface area contributed by atoms with Crippen LogP contribution in [-0.4, -0.2) is 59.5 Å². The molecule has 0 atom stereocenters. The highest BCUT2D eigenvalue weighted by Gasteiger charge is 2.38. The molecule has 4 rings (SSSR count). The van der Waals surface area contributed by atoms with E-state index >= 15 is 0 Å². The van der Waals surface area contributed by atoms with Crippen molar-refractivity contribution in [1.29, 1.82) is 0 Å². The summed E-state index contributed by atoms with van der Waals surface area (Å²) in [5, 5.41) is 2.67. The fourth-order valence-electron chi connectivity index (χ4n) is 3.88. The van der Waals surface area contributed by atoms with Crippen molar-refractivity contribution in [1.82, 2.24) is 15.2 Å². The van der Waals surface area contributed by atoms with E-state index in [1.54, 1.807) is 35.3 Å². The third-order valence-electron chi connectivity index (χ3n) is 5.56. The Morgan fingerprint density at radius 2 is 1.85 bits per heavy atom. The maximum atomic E-state index is 13.7. The molecular weight excluding hydrogens is 461 g/mol. The number of carbonyl (C=O) groups excluding carboxylic acids is 3. The Morgan fingerprint density at radius 1 is 1.12 bits per heavy atom. The number of amides is 1. The highest BCUT2D eigenvalue weighted by molar-refractivity contribution is 6.27. The summed E-state index contributed by atoms with van der Waals surface area (Å²) in [5.74, 6) is -1.35. The normalized spacial score (nSPS) is 16.2. The van der Waals surface area contributed by atoms with Gasteiger partial charge in [0.15, 0.2) is 0 Å². The summed E-state index contributed by atoms with van der Waals surface area (Å²) in [6, 6.07) is 7.50. The fraction of sp³-hybridized carbons (Fsp3) is 0.280. The standard InChI is InChI=1S/C25H23ClFN3O4/c26-10-1-2-19(31)29-22-23(30-12-14-34-15-13-30)25(33)21-20(24(22)32)17(9-11-28-21)6-3-16-4-7-18(27)8-5-16/h3-9,11H,1-2,10,12-15H2,(H,29,31)/b6-3+. The maximum absolute atomic E-state index is 13.7. The molecule has 176 valence electrons. The molecule has 9 heteroatoms. The molecule has 2 aliphatic rings. The molecule has 2 heterocycles. The molecule has 34 heavy (non-hydrogen) atoms. The van der Waals surface area contributed by atoms with E-state index in [9.17, 15) is 18.8 Å². The number of morpholine rings is 1. The summed E-state index contributed by atoms with van der Waals surface area (Å²) in [6.07, 6.45) is 5.43. The summed E-state index contributed by atoms with van der Waals surface area (Å²) in [4.78, 5) is 45.7. The van der Waals surface area contributed by atoms with Gasteiger partial charge in [0.1, 0.15) is 22.9 Å². The molecule has 7 nitrogen and oxygen atoms in total. The predicted octanol–water partition coefficient (Wildman–Crippen LogP) is 3.45. The molecule has 1 amide bonds.